The molecule has 2 aromatic rings. The van der Waals surface area contributed by atoms with E-state index in [4.69, 9.17) is 0 Å². The first-order valence-corrected chi connectivity index (χ1v) is 7.67. The van der Waals surface area contributed by atoms with Gasteiger partial charge in [0.15, 0.2) is 0 Å². The number of rotatable bonds is 4. The first kappa shape index (κ1) is 14.1. The van der Waals surface area contributed by atoms with Gasteiger partial charge >= 0.3 is 0 Å². The third kappa shape index (κ3) is 3.24. The molecule has 0 amide bonds. The van der Waals surface area contributed by atoms with Crippen LogP contribution in [-0.2, 0) is 19.5 Å². The summed E-state index contributed by atoms with van der Waals surface area (Å²) < 4.78 is 2.28. The van der Waals surface area contributed by atoms with Crippen LogP contribution in [0.2, 0.25) is 0 Å². The Labute approximate surface area is 125 Å². The van der Waals surface area contributed by atoms with Gasteiger partial charge in [-0.2, -0.15) is 0 Å². The van der Waals surface area contributed by atoms with Crippen molar-refractivity contribution in [2.45, 2.75) is 51.7 Å². The Morgan fingerprint density at radius 1 is 1.19 bits per heavy atom. The Morgan fingerprint density at radius 2 is 2.00 bits per heavy atom. The maximum Gasteiger partial charge on any atom is 0.149 e. The molecule has 1 aromatic heterocycles. The molecular formula is C16H22N4O. The Morgan fingerprint density at radius 3 is 2.81 bits per heavy atom. The van der Waals surface area contributed by atoms with Crippen LogP contribution in [0.5, 0.6) is 5.75 Å². The van der Waals surface area contributed by atoms with E-state index in [9.17, 15) is 5.11 Å². The van der Waals surface area contributed by atoms with Gasteiger partial charge in [0.05, 0.1) is 6.04 Å². The summed E-state index contributed by atoms with van der Waals surface area (Å²) >= 11 is 0. The quantitative estimate of drug-likeness (QED) is 0.906. The van der Waals surface area contributed by atoms with E-state index in [2.05, 4.69) is 27.0 Å². The van der Waals surface area contributed by atoms with E-state index in [1.165, 1.54) is 19.3 Å². The van der Waals surface area contributed by atoms with Crippen LogP contribution in [0.15, 0.2) is 24.3 Å². The van der Waals surface area contributed by atoms with Crippen LogP contribution in [0, 0.1) is 0 Å². The number of phenols is 1. The van der Waals surface area contributed by atoms with Gasteiger partial charge in [0.2, 0.25) is 0 Å². The number of aromatic nitrogens is 3. The molecule has 1 unspecified atom stereocenters. The maximum atomic E-state index is 9.30. The lowest BCUT2D eigenvalue weighted by atomic mass is 10.2. The highest BCUT2D eigenvalue weighted by Gasteiger charge is 2.18. The van der Waals surface area contributed by atoms with Gasteiger partial charge in [0.25, 0.3) is 0 Å². The molecule has 0 fully saturated rings. The second-order valence-electron chi connectivity index (χ2n) is 5.71. The van der Waals surface area contributed by atoms with E-state index in [0.29, 0.717) is 5.75 Å². The minimum absolute atomic E-state index is 0.165. The summed E-state index contributed by atoms with van der Waals surface area (Å²) in [5.74, 6) is 2.46. The highest BCUT2D eigenvalue weighted by Crippen LogP contribution is 2.19. The molecule has 0 saturated heterocycles. The number of hydrogen-bond donors (Lipinski definition) is 2. The van der Waals surface area contributed by atoms with Crippen molar-refractivity contribution >= 4 is 0 Å². The van der Waals surface area contributed by atoms with E-state index >= 15 is 0 Å². The van der Waals surface area contributed by atoms with Gasteiger partial charge in [-0.25, -0.2) is 0 Å². The normalized spacial score (nSPS) is 16.2. The first-order valence-electron chi connectivity index (χ1n) is 7.67. The summed E-state index contributed by atoms with van der Waals surface area (Å²) in [5.41, 5.74) is 1.15. The van der Waals surface area contributed by atoms with Crippen molar-refractivity contribution in [3.05, 3.63) is 41.5 Å². The third-order valence-corrected chi connectivity index (χ3v) is 4.07. The van der Waals surface area contributed by atoms with Gasteiger partial charge in [0.1, 0.15) is 17.4 Å². The molecule has 1 aliphatic rings. The molecule has 1 atom stereocenters. The highest BCUT2D eigenvalue weighted by atomic mass is 16.3. The van der Waals surface area contributed by atoms with E-state index in [0.717, 1.165) is 36.7 Å². The van der Waals surface area contributed by atoms with E-state index in [1.807, 2.05) is 12.1 Å². The van der Waals surface area contributed by atoms with Crippen LogP contribution in [0.4, 0.5) is 0 Å². The lowest BCUT2D eigenvalue weighted by Gasteiger charge is -2.15. The molecule has 112 valence electrons. The van der Waals surface area contributed by atoms with Gasteiger partial charge < -0.3 is 15.0 Å². The molecule has 2 heterocycles. The number of benzene rings is 1. The average Bonchev–Trinajstić information content (AvgIpc) is 2.75. The summed E-state index contributed by atoms with van der Waals surface area (Å²) in [4.78, 5) is 0. The van der Waals surface area contributed by atoms with Crippen LogP contribution in [-0.4, -0.2) is 19.9 Å². The molecule has 0 bridgehead atoms. The van der Waals surface area contributed by atoms with Gasteiger partial charge in [-0.05, 0) is 37.5 Å². The first-order chi connectivity index (χ1) is 10.2. The maximum absolute atomic E-state index is 9.30. The monoisotopic (exact) mass is 286 g/mol. The SMILES string of the molecule is CC(NCc1ccc(O)cc1)c1nnc2n1CCCCC2. The third-order valence-electron chi connectivity index (χ3n) is 4.07. The average molecular weight is 286 g/mol. The minimum Gasteiger partial charge on any atom is -0.508 e. The fourth-order valence-corrected chi connectivity index (χ4v) is 2.80. The second kappa shape index (κ2) is 6.26. The number of nitrogens with one attached hydrogen (secondary N) is 1. The molecule has 3 rings (SSSR count). The lowest BCUT2D eigenvalue weighted by molar-refractivity contribution is 0.474. The molecule has 0 saturated carbocycles. The predicted octanol–water partition coefficient (Wildman–Crippen LogP) is 2.56. The fourth-order valence-electron chi connectivity index (χ4n) is 2.80. The Bertz CT molecular complexity index is 591. The molecule has 1 aromatic carbocycles. The van der Waals surface area contributed by atoms with Crippen LogP contribution >= 0.6 is 0 Å². The van der Waals surface area contributed by atoms with Crippen molar-refractivity contribution < 1.29 is 5.11 Å². The standard InChI is InChI=1S/C16H22N4O/c1-12(17-11-13-6-8-14(21)9-7-13)16-19-18-15-5-3-2-4-10-20(15)16/h6-9,12,17,21H,2-5,10-11H2,1H3. The molecule has 2 N–H and O–H groups in total. The Hall–Kier alpha value is -1.88. The number of fused-ring (bicyclic) bond motifs is 1. The minimum atomic E-state index is 0.165. The smallest absolute Gasteiger partial charge is 0.149 e. The molecule has 21 heavy (non-hydrogen) atoms. The van der Waals surface area contributed by atoms with E-state index < -0.39 is 0 Å². The number of hydrogen-bond acceptors (Lipinski definition) is 4. The zero-order chi connectivity index (χ0) is 14.7. The molecule has 5 heteroatoms. The Kier molecular flexibility index (Phi) is 4.20. The zero-order valence-electron chi connectivity index (χ0n) is 12.4. The summed E-state index contributed by atoms with van der Waals surface area (Å²) in [5, 5.41) is 21.5. The van der Waals surface area contributed by atoms with Gasteiger partial charge in [-0.15, -0.1) is 10.2 Å². The summed E-state index contributed by atoms with van der Waals surface area (Å²) in [6, 6.07) is 7.45. The van der Waals surface area contributed by atoms with Crippen molar-refractivity contribution in [3.63, 3.8) is 0 Å². The highest BCUT2D eigenvalue weighted by molar-refractivity contribution is 5.25. The van der Waals surface area contributed by atoms with Crippen LogP contribution in [0.3, 0.4) is 0 Å². The van der Waals surface area contributed by atoms with Gasteiger partial charge in [-0.3, -0.25) is 0 Å². The summed E-state index contributed by atoms with van der Waals surface area (Å²) in [7, 11) is 0. The largest absolute Gasteiger partial charge is 0.508 e. The Balaban J connectivity index is 1.66. The van der Waals surface area contributed by atoms with Gasteiger partial charge in [-0.1, -0.05) is 18.6 Å². The number of aryl methyl sites for hydroxylation is 1. The molecule has 0 aliphatic carbocycles. The van der Waals surface area contributed by atoms with Crippen molar-refractivity contribution in [1.29, 1.82) is 0 Å². The van der Waals surface area contributed by atoms with Crippen molar-refractivity contribution in [3.8, 4) is 5.75 Å². The number of phenolic OH excluding ortho intramolecular Hbond substituents is 1. The molecule has 1 aliphatic heterocycles. The molecule has 0 radical (unpaired) electrons. The van der Waals surface area contributed by atoms with Gasteiger partial charge in [0, 0.05) is 19.5 Å². The van der Waals surface area contributed by atoms with Crippen LogP contribution in [0.1, 0.15) is 49.4 Å². The lowest BCUT2D eigenvalue weighted by Crippen LogP contribution is -2.22. The van der Waals surface area contributed by atoms with Crippen LogP contribution in [0.25, 0.3) is 0 Å². The zero-order valence-corrected chi connectivity index (χ0v) is 12.4. The van der Waals surface area contributed by atoms with Crippen molar-refractivity contribution in [1.82, 2.24) is 20.1 Å². The molecule has 5 nitrogen and oxygen atoms in total. The number of aromatic hydroxyl groups is 1. The topological polar surface area (TPSA) is 63.0 Å². The predicted molar refractivity (Wildman–Crippen MR) is 80.9 cm³/mol. The van der Waals surface area contributed by atoms with Crippen molar-refractivity contribution in [2.75, 3.05) is 0 Å². The summed E-state index contributed by atoms with van der Waals surface area (Å²) in [6.07, 6.45) is 4.74. The summed E-state index contributed by atoms with van der Waals surface area (Å²) in [6.45, 7) is 3.91. The van der Waals surface area contributed by atoms with Crippen molar-refractivity contribution in [2.24, 2.45) is 0 Å². The van der Waals surface area contributed by atoms with E-state index in [-0.39, 0.29) is 6.04 Å². The molecular weight excluding hydrogens is 264 g/mol. The van der Waals surface area contributed by atoms with E-state index in [1.54, 1.807) is 12.1 Å². The fraction of sp³-hybridized carbons (Fsp3) is 0.500. The molecule has 0 spiro atoms. The van der Waals surface area contributed by atoms with Crippen LogP contribution < -0.4 is 5.32 Å². The number of nitrogens with zero attached hydrogens (tertiary/aromatic N) is 3. The second-order valence-corrected chi connectivity index (χ2v) is 5.71.